The van der Waals surface area contributed by atoms with Crippen LogP contribution in [0.3, 0.4) is 0 Å². The van der Waals surface area contributed by atoms with E-state index in [0.717, 1.165) is 32.1 Å². The molecule has 0 saturated carbocycles. The molecule has 1 N–H and O–H groups in total. The lowest BCUT2D eigenvalue weighted by Gasteiger charge is -2.23. The lowest BCUT2D eigenvalue weighted by Crippen LogP contribution is -2.41. The van der Waals surface area contributed by atoms with Gasteiger partial charge < -0.3 is 14.8 Å². The quantitative estimate of drug-likeness (QED) is 0.618. The summed E-state index contributed by atoms with van der Waals surface area (Å²) in [6, 6.07) is 10.4. The molecule has 1 fully saturated rings. The van der Waals surface area contributed by atoms with Gasteiger partial charge in [0.05, 0.1) is 25.9 Å². The van der Waals surface area contributed by atoms with Crippen molar-refractivity contribution in [1.29, 1.82) is 0 Å². The Bertz CT molecular complexity index is 302. The van der Waals surface area contributed by atoms with Crippen LogP contribution in [-0.2, 0) is 9.47 Å². The molecular weight excluding hydrogens is 234 g/mol. The van der Waals surface area contributed by atoms with Crippen LogP contribution in [0.2, 0.25) is 0 Å². The van der Waals surface area contributed by atoms with E-state index in [-0.39, 0.29) is 6.10 Å². The Morgan fingerprint density at radius 1 is 1.35 bits per heavy atom. The van der Waals surface area contributed by atoms with Gasteiger partial charge in [0.15, 0.2) is 0 Å². The summed E-state index contributed by atoms with van der Waals surface area (Å²) in [5.41, 5.74) is 0. The van der Waals surface area contributed by atoms with Crippen LogP contribution in [0.4, 0.5) is 0 Å². The van der Waals surface area contributed by atoms with Gasteiger partial charge in [-0.05, 0) is 12.1 Å². The highest BCUT2D eigenvalue weighted by atomic mass is 32.2. The average molecular weight is 253 g/mol. The maximum atomic E-state index is 5.61. The van der Waals surface area contributed by atoms with Crippen molar-refractivity contribution in [1.82, 2.24) is 5.32 Å². The molecule has 4 heteroatoms. The van der Waals surface area contributed by atoms with E-state index in [1.165, 1.54) is 4.90 Å². The van der Waals surface area contributed by atoms with Gasteiger partial charge in [-0.1, -0.05) is 18.2 Å². The molecule has 1 unspecified atom stereocenters. The van der Waals surface area contributed by atoms with Crippen LogP contribution in [0.25, 0.3) is 0 Å². The van der Waals surface area contributed by atoms with Gasteiger partial charge in [0, 0.05) is 23.7 Å². The highest BCUT2D eigenvalue weighted by molar-refractivity contribution is 7.99. The van der Waals surface area contributed by atoms with Crippen LogP contribution in [0, 0.1) is 0 Å². The maximum Gasteiger partial charge on any atom is 0.0933 e. The lowest BCUT2D eigenvalue weighted by atomic mass is 10.3. The molecule has 0 aliphatic carbocycles. The normalized spacial score (nSPS) is 20.4. The Balaban J connectivity index is 1.51. The minimum absolute atomic E-state index is 0.227. The summed E-state index contributed by atoms with van der Waals surface area (Å²) < 4.78 is 11.2. The topological polar surface area (TPSA) is 30.5 Å². The highest BCUT2D eigenvalue weighted by Gasteiger charge is 2.12. The number of thioether (sulfide) groups is 1. The Labute approximate surface area is 107 Å². The monoisotopic (exact) mass is 253 g/mol. The minimum Gasteiger partial charge on any atom is -0.378 e. The standard InChI is InChI=1S/C13H19NO2S/c1-2-4-13(5-3-1)17-9-8-15-11-12-10-14-6-7-16-12/h1-5,12,14H,6-11H2. The van der Waals surface area contributed by atoms with Gasteiger partial charge in [-0.3, -0.25) is 0 Å². The van der Waals surface area contributed by atoms with E-state index in [1.54, 1.807) is 0 Å². The number of hydrogen-bond acceptors (Lipinski definition) is 4. The summed E-state index contributed by atoms with van der Waals surface area (Å²) in [5, 5.41) is 3.29. The molecule has 1 aromatic carbocycles. The maximum absolute atomic E-state index is 5.61. The van der Waals surface area contributed by atoms with Crippen molar-refractivity contribution in [2.75, 3.05) is 38.7 Å². The van der Waals surface area contributed by atoms with E-state index in [1.807, 2.05) is 17.8 Å². The van der Waals surface area contributed by atoms with Crippen molar-refractivity contribution >= 4 is 11.8 Å². The second kappa shape index (κ2) is 7.71. The number of hydrogen-bond donors (Lipinski definition) is 1. The fraction of sp³-hybridized carbons (Fsp3) is 0.538. The van der Waals surface area contributed by atoms with Crippen molar-refractivity contribution in [3.8, 4) is 0 Å². The molecule has 0 bridgehead atoms. The lowest BCUT2D eigenvalue weighted by molar-refractivity contribution is -0.0281. The third-order valence-electron chi connectivity index (χ3n) is 2.55. The molecule has 17 heavy (non-hydrogen) atoms. The Morgan fingerprint density at radius 3 is 3.00 bits per heavy atom. The van der Waals surface area contributed by atoms with Crippen molar-refractivity contribution in [2.24, 2.45) is 0 Å². The second-order valence-electron chi connectivity index (χ2n) is 3.93. The van der Waals surface area contributed by atoms with Crippen molar-refractivity contribution in [2.45, 2.75) is 11.0 Å². The molecule has 3 nitrogen and oxygen atoms in total. The number of morpholine rings is 1. The van der Waals surface area contributed by atoms with E-state index < -0.39 is 0 Å². The highest BCUT2D eigenvalue weighted by Crippen LogP contribution is 2.16. The molecule has 0 spiro atoms. The van der Waals surface area contributed by atoms with Gasteiger partial charge in [0.2, 0.25) is 0 Å². The smallest absolute Gasteiger partial charge is 0.0933 e. The summed E-state index contributed by atoms with van der Waals surface area (Å²) in [4.78, 5) is 1.30. The molecule has 0 aromatic heterocycles. The largest absolute Gasteiger partial charge is 0.378 e. The van der Waals surface area contributed by atoms with Crippen LogP contribution >= 0.6 is 11.8 Å². The predicted molar refractivity (Wildman–Crippen MR) is 70.6 cm³/mol. The van der Waals surface area contributed by atoms with Crippen molar-refractivity contribution in [3.63, 3.8) is 0 Å². The molecule has 1 aliphatic heterocycles. The molecule has 1 heterocycles. The Morgan fingerprint density at radius 2 is 2.24 bits per heavy atom. The van der Waals surface area contributed by atoms with Crippen LogP contribution in [-0.4, -0.2) is 44.8 Å². The molecule has 1 atom stereocenters. The van der Waals surface area contributed by atoms with Crippen LogP contribution in [0.15, 0.2) is 35.2 Å². The Kier molecular flexibility index (Phi) is 5.85. The van der Waals surface area contributed by atoms with Gasteiger partial charge in [-0.15, -0.1) is 11.8 Å². The van der Waals surface area contributed by atoms with Crippen molar-refractivity contribution < 1.29 is 9.47 Å². The number of nitrogens with one attached hydrogen (secondary N) is 1. The van der Waals surface area contributed by atoms with Gasteiger partial charge in [-0.2, -0.15) is 0 Å². The van der Waals surface area contributed by atoms with Gasteiger partial charge >= 0.3 is 0 Å². The molecule has 0 amide bonds. The van der Waals surface area contributed by atoms with Gasteiger partial charge in [-0.25, -0.2) is 0 Å². The van der Waals surface area contributed by atoms with Gasteiger partial charge in [0.1, 0.15) is 0 Å². The first-order valence-electron chi connectivity index (χ1n) is 6.03. The average Bonchev–Trinajstić information content (AvgIpc) is 2.41. The van der Waals surface area contributed by atoms with Crippen LogP contribution in [0.5, 0.6) is 0 Å². The zero-order chi connectivity index (χ0) is 11.8. The SMILES string of the molecule is c1ccc(SCCOCC2CNCCO2)cc1. The van der Waals surface area contributed by atoms with Gasteiger partial charge in [0.25, 0.3) is 0 Å². The third kappa shape index (κ3) is 5.08. The summed E-state index contributed by atoms with van der Waals surface area (Å²) >= 11 is 1.83. The van der Waals surface area contributed by atoms with E-state index in [0.29, 0.717) is 6.61 Å². The summed E-state index contributed by atoms with van der Waals surface area (Å²) in [5.74, 6) is 0.990. The number of ether oxygens (including phenoxy) is 2. The summed E-state index contributed by atoms with van der Waals surface area (Å²) in [6.07, 6.45) is 0.227. The first kappa shape index (κ1) is 12.9. The first-order valence-corrected chi connectivity index (χ1v) is 7.01. The number of benzene rings is 1. The Hall–Kier alpha value is -0.550. The zero-order valence-corrected chi connectivity index (χ0v) is 10.7. The van der Waals surface area contributed by atoms with E-state index in [2.05, 4.69) is 29.6 Å². The summed E-state index contributed by atoms with van der Waals surface area (Å²) in [7, 11) is 0. The minimum atomic E-state index is 0.227. The van der Waals surface area contributed by atoms with E-state index in [9.17, 15) is 0 Å². The fourth-order valence-corrected chi connectivity index (χ4v) is 2.46. The fourth-order valence-electron chi connectivity index (χ4n) is 1.68. The third-order valence-corrected chi connectivity index (χ3v) is 3.52. The van der Waals surface area contributed by atoms with Crippen molar-refractivity contribution in [3.05, 3.63) is 30.3 Å². The van der Waals surface area contributed by atoms with E-state index in [4.69, 9.17) is 9.47 Å². The second-order valence-corrected chi connectivity index (χ2v) is 5.10. The zero-order valence-electron chi connectivity index (χ0n) is 9.93. The molecule has 94 valence electrons. The summed E-state index contributed by atoms with van der Waals surface area (Å²) in [6.45, 7) is 4.14. The van der Waals surface area contributed by atoms with Crippen LogP contribution in [0.1, 0.15) is 0 Å². The molecule has 1 saturated heterocycles. The van der Waals surface area contributed by atoms with Crippen LogP contribution < -0.4 is 5.32 Å². The van der Waals surface area contributed by atoms with E-state index >= 15 is 0 Å². The first-order chi connectivity index (χ1) is 8.45. The molecule has 0 radical (unpaired) electrons. The molecular formula is C13H19NO2S. The molecule has 1 aromatic rings. The predicted octanol–water partition coefficient (Wildman–Crippen LogP) is 1.78. The number of rotatable bonds is 6. The molecule has 2 rings (SSSR count). The molecule has 1 aliphatic rings.